The Balaban J connectivity index is 1.42. The van der Waals surface area contributed by atoms with Crippen molar-refractivity contribution in [3.63, 3.8) is 0 Å². The molecule has 3 rings (SSSR count). The molecule has 0 aromatic heterocycles. The van der Waals surface area contributed by atoms with Crippen molar-refractivity contribution in [2.24, 2.45) is 4.99 Å². The molecule has 2 amide bonds. The normalized spacial score (nSPS) is 14.0. The smallest absolute Gasteiger partial charge is 0.227 e. The maximum atomic E-state index is 11.8. The van der Waals surface area contributed by atoms with E-state index in [1.807, 2.05) is 53.4 Å². The van der Waals surface area contributed by atoms with Crippen molar-refractivity contribution >= 4 is 29.1 Å². The maximum absolute atomic E-state index is 11.8. The Morgan fingerprint density at radius 2 is 1.73 bits per heavy atom. The van der Waals surface area contributed by atoms with Crippen LogP contribution in [0.4, 0.5) is 11.4 Å². The third-order valence-corrected chi connectivity index (χ3v) is 4.99. The van der Waals surface area contributed by atoms with Gasteiger partial charge in [0.1, 0.15) is 0 Å². The quantitative estimate of drug-likeness (QED) is 0.487. The van der Waals surface area contributed by atoms with Gasteiger partial charge in [-0.15, -0.1) is 0 Å². The zero-order chi connectivity index (χ0) is 21.3. The Morgan fingerprint density at radius 3 is 2.33 bits per heavy atom. The molecule has 0 spiro atoms. The minimum absolute atomic E-state index is 0.0709. The molecule has 1 heterocycles. The standard InChI is InChI=1S/C23H29N5O2/c1-17(29)27-20-9-5-18(6-10-20)13-14-25-23(24-2)26-16-19-7-11-21(12-8-19)28-15-3-4-22(28)30/h5-12H,3-4,13-16H2,1-2H3,(H,27,29)(H2,24,25,26). The summed E-state index contributed by atoms with van der Waals surface area (Å²) in [7, 11) is 1.75. The number of hydrogen-bond acceptors (Lipinski definition) is 3. The van der Waals surface area contributed by atoms with Gasteiger partial charge >= 0.3 is 0 Å². The molecule has 7 heteroatoms. The van der Waals surface area contributed by atoms with Gasteiger partial charge in [-0.25, -0.2) is 0 Å². The molecule has 1 aliphatic rings. The van der Waals surface area contributed by atoms with Gasteiger partial charge in [-0.3, -0.25) is 14.6 Å². The summed E-state index contributed by atoms with van der Waals surface area (Å²) in [4.78, 5) is 29.0. The van der Waals surface area contributed by atoms with Gasteiger partial charge in [0.2, 0.25) is 11.8 Å². The molecule has 2 aromatic rings. The molecule has 0 aliphatic carbocycles. The lowest BCUT2D eigenvalue weighted by atomic mass is 10.1. The molecule has 0 unspecified atom stereocenters. The number of aliphatic imine (C=N–C) groups is 1. The number of carbonyl (C=O) groups excluding carboxylic acids is 2. The summed E-state index contributed by atoms with van der Waals surface area (Å²) in [5, 5.41) is 9.39. The Kier molecular flexibility index (Phi) is 7.43. The first-order valence-electron chi connectivity index (χ1n) is 10.3. The second-order valence-electron chi connectivity index (χ2n) is 7.30. The van der Waals surface area contributed by atoms with Crippen LogP contribution in [0.25, 0.3) is 0 Å². The van der Waals surface area contributed by atoms with Crippen molar-refractivity contribution in [2.45, 2.75) is 32.7 Å². The molecule has 2 aromatic carbocycles. The van der Waals surface area contributed by atoms with E-state index < -0.39 is 0 Å². The molecule has 30 heavy (non-hydrogen) atoms. The van der Waals surface area contributed by atoms with E-state index in [4.69, 9.17) is 0 Å². The highest BCUT2D eigenvalue weighted by Crippen LogP contribution is 2.21. The van der Waals surface area contributed by atoms with Gasteiger partial charge in [-0.1, -0.05) is 24.3 Å². The molecular weight excluding hydrogens is 378 g/mol. The van der Waals surface area contributed by atoms with Crippen LogP contribution >= 0.6 is 0 Å². The second kappa shape index (κ2) is 10.4. The highest BCUT2D eigenvalue weighted by Gasteiger charge is 2.21. The topological polar surface area (TPSA) is 85.8 Å². The second-order valence-corrected chi connectivity index (χ2v) is 7.30. The van der Waals surface area contributed by atoms with E-state index >= 15 is 0 Å². The summed E-state index contributed by atoms with van der Waals surface area (Å²) in [6.07, 6.45) is 2.42. The van der Waals surface area contributed by atoms with Gasteiger partial charge in [0.15, 0.2) is 5.96 Å². The van der Waals surface area contributed by atoms with E-state index in [0.717, 1.165) is 48.8 Å². The third kappa shape index (κ3) is 6.07. The zero-order valence-corrected chi connectivity index (χ0v) is 17.6. The van der Waals surface area contributed by atoms with Gasteiger partial charge in [0.25, 0.3) is 0 Å². The predicted molar refractivity (Wildman–Crippen MR) is 121 cm³/mol. The van der Waals surface area contributed by atoms with Gasteiger partial charge in [-0.2, -0.15) is 0 Å². The fourth-order valence-electron chi connectivity index (χ4n) is 3.40. The van der Waals surface area contributed by atoms with Crippen LogP contribution in [0, 0.1) is 0 Å². The van der Waals surface area contributed by atoms with Crippen LogP contribution in [0.5, 0.6) is 0 Å². The van der Waals surface area contributed by atoms with Gasteiger partial charge in [-0.05, 0) is 48.2 Å². The van der Waals surface area contributed by atoms with Crippen LogP contribution in [0.2, 0.25) is 0 Å². The number of nitrogens with zero attached hydrogens (tertiary/aromatic N) is 2. The van der Waals surface area contributed by atoms with E-state index in [9.17, 15) is 9.59 Å². The van der Waals surface area contributed by atoms with Crippen LogP contribution in [0.3, 0.4) is 0 Å². The zero-order valence-electron chi connectivity index (χ0n) is 17.6. The average Bonchev–Trinajstić information content (AvgIpc) is 3.17. The summed E-state index contributed by atoms with van der Waals surface area (Å²) < 4.78 is 0. The van der Waals surface area contributed by atoms with E-state index in [-0.39, 0.29) is 11.8 Å². The van der Waals surface area contributed by atoms with Crippen molar-refractivity contribution < 1.29 is 9.59 Å². The lowest BCUT2D eigenvalue weighted by Gasteiger charge is -2.16. The van der Waals surface area contributed by atoms with E-state index in [1.165, 1.54) is 12.5 Å². The van der Waals surface area contributed by atoms with Crippen LogP contribution in [0.15, 0.2) is 53.5 Å². The van der Waals surface area contributed by atoms with Gasteiger partial charge in [0.05, 0.1) is 0 Å². The molecule has 1 aliphatic heterocycles. The van der Waals surface area contributed by atoms with Crippen LogP contribution < -0.4 is 20.9 Å². The first-order valence-corrected chi connectivity index (χ1v) is 10.3. The molecule has 0 saturated carbocycles. The number of carbonyl (C=O) groups is 2. The molecule has 0 radical (unpaired) electrons. The summed E-state index contributed by atoms with van der Waals surface area (Å²) in [6, 6.07) is 15.9. The fourth-order valence-corrected chi connectivity index (χ4v) is 3.40. The molecule has 1 saturated heterocycles. The van der Waals surface area contributed by atoms with E-state index in [0.29, 0.717) is 13.0 Å². The van der Waals surface area contributed by atoms with Gasteiger partial charge < -0.3 is 20.9 Å². The Bertz CT molecular complexity index is 891. The van der Waals surface area contributed by atoms with Crippen molar-refractivity contribution in [2.75, 3.05) is 30.4 Å². The van der Waals surface area contributed by atoms with Gasteiger partial charge in [0, 0.05) is 51.4 Å². The average molecular weight is 408 g/mol. The molecule has 1 fully saturated rings. The number of nitrogens with one attached hydrogen (secondary N) is 3. The molecule has 158 valence electrons. The summed E-state index contributed by atoms with van der Waals surface area (Å²) in [5.74, 6) is 0.873. The van der Waals surface area contributed by atoms with Crippen molar-refractivity contribution in [1.82, 2.24) is 10.6 Å². The first kappa shape index (κ1) is 21.4. The summed E-state index contributed by atoms with van der Waals surface area (Å²) in [5.41, 5.74) is 4.08. The number of rotatable bonds is 7. The largest absolute Gasteiger partial charge is 0.356 e. The number of anilines is 2. The third-order valence-electron chi connectivity index (χ3n) is 4.99. The molecule has 7 nitrogen and oxygen atoms in total. The maximum Gasteiger partial charge on any atom is 0.227 e. The molecule has 3 N–H and O–H groups in total. The van der Waals surface area contributed by atoms with Crippen LogP contribution in [-0.4, -0.2) is 37.9 Å². The van der Waals surface area contributed by atoms with E-state index in [2.05, 4.69) is 20.9 Å². The molecule has 0 bridgehead atoms. The van der Waals surface area contributed by atoms with Crippen molar-refractivity contribution in [3.05, 3.63) is 59.7 Å². The summed E-state index contributed by atoms with van der Waals surface area (Å²) >= 11 is 0. The fraction of sp³-hybridized carbons (Fsp3) is 0.348. The molecular formula is C23H29N5O2. The highest BCUT2D eigenvalue weighted by atomic mass is 16.2. The Labute approximate surface area is 177 Å². The number of benzene rings is 2. The summed E-state index contributed by atoms with van der Waals surface area (Å²) in [6.45, 7) is 3.71. The lowest BCUT2D eigenvalue weighted by Crippen LogP contribution is -2.37. The Hall–Kier alpha value is -3.35. The Morgan fingerprint density at radius 1 is 1.03 bits per heavy atom. The van der Waals surface area contributed by atoms with Crippen LogP contribution in [-0.2, 0) is 22.6 Å². The number of hydrogen-bond donors (Lipinski definition) is 3. The number of guanidine groups is 1. The monoisotopic (exact) mass is 407 g/mol. The molecule has 0 atom stereocenters. The predicted octanol–water partition coefficient (Wildman–Crippen LogP) is 2.68. The van der Waals surface area contributed by atoms with Crippen molar-refractivity contribution in [1.29, 1.82) is 0 Å². The van der Waals surface area contributed by atoms with E-state index in [1.54, 1.807) is 7.05 Å². The number of amides is 2. The van der Waals surface area contributed by atoms with Crippen molar-refractivity contribution in [3.8, 4) is 0 Å². The lowest BCUT2D eigenvalue weighted by molar-refractivity contribution is -0.117. The van der Waals surface area contributed by atoms with Crippen LogP contribution in [0.1, 0.15) is 30.9 Å². The minimum atomic E-state index is -0.0709. The minimum Gasteiger partial charge on any atom is -0.356 e. The first-order chi connectivity index (χ1) is 14.5. The highest BCUT2D eigenvalue weighted by molar-refractivity contribution is 5.95. The SMILES string of the molecule is CN=C(NCCc1ccc(NC(C)=O)cc1)NCc1ccc(N2CCCC2=O)cc1.